The molecule has 0 atom stereocenters. The maximum absolute atomic E-state index is 2.40. The summed E-state index contributed by atoms with van der Waals surface area (Å²) in [5.74, 6) is 0. The predicted molar refractivity (Wildman–Crippen MR) is 64.1 cm³/mol. The summed E-state index contributed by atoms with van der Waals surface area (Å²) in [6, 6.07) is 8.63. The topological polar surface area (TPSA) is 6.48 Å². The third kappa shape index (κ3) is 1.96. The Balaban J connectivity index is 2.38. The molecule has 13 heavy (non-hydrogen) atoms. The number of para-hydroxylation sites is 1. The Morgan fingerprint density at radius 2 is 2.00 bits per heavy atom. The molecule has 1 aliphatic rings. The van der Waals surface area contributed by atoms with Crippen molar-refractivity contribution in [1.82, 2.24) is 3.11 Å². The van der Waals surface area contributed by atoms with E-state index in [9.17, 15) is 0 Å². The number of fused-ring (bicyclic) bond motifs is 1. The van der Waals surface area contributed by atoms with Gasteiger partial charge < -0.3 is 4.90 Å². The van der Waals surface area contributed by atoms with Crippen molar-refractivity contribution in [1.29, 1.82) is 0 Å². The van der Waals surface area contributed by atoms with E-state index in [1.807, 2.05) is 0 Å². The molecule has 0 aliphatic carbocycles. The summed E-state index contributed by atoms with van der Waals surface area (Å²) in [7, 11) is 2.16. The van der Waals surface area contributed by atoms with E-state index in [0.29, 0.717) is 0 Å². The molecule has 70 valence electrons. The van der Waals surface area contributed by atoms with Gasteiger partial charge in [-0.3, -0.25) is 0 Å². The molecule has 0 radical (unpaired) electrons. The van der Waals surface area contributed by atoms with Crippen LogP contribution in [0.15, 0.2) is 24.3 Å². The lowest BCUT2D eigenvalue weighted by atomic mass is 10.1. The monoisotopic (exact) mass is 288 g/mol. The highest BCUT2D eigenvalue weighted by molar-refractivity contribution is 14.1. The average Bonchev–Trinajstić information content (AvgIpc) is 2.27. The Morgan fingerprint density at radius 3 is 2.85 bits per heavy atom. The largest absolute Gasteiger partial charge is 0.373 e. The average molecular weight is 288 g/mol. The normalized spacial score (nSPS) is 18.2. The number of likely N-dealkylation sites (N-methyl/N-ethyl adjacent to an activating group) is 1. The highest BCUT2D eigenvalue weighted by Crippen LogP contribution is 2.24. The molecular formula is C10H13IN2. The lowest BCUT2D eigenvalue weighted by Gasteiger charge is -2.18. The van der Waals surface area contributed by atoms with Crippen LogP contribution in [-0.4, -0.2) is 23.3 Å². The summed E-state index contributed by atoms with van der Waals surface area (Å²) >= 11 is 2.40. The minimum atomic E-state index is 1.06. The number of nitrogens with zero attached hydrogens (tertiary/aromatic N) is 2. The van der Waals surface area contributed by atoms with Gasteiger partial charge >= 0.3 is 0 Å². The number of hydrogen-bond acceptors (Lipinski definition) is 2. The summed E-state index contributed by atoms with van der Waals surface area (Å²) in [5, 5.41) is 0. The van der Waals surface area contributed by atoms with Gasteiger partial charge in [-0.05, 0) is 11.6 Å². The summed E-state index contributed by atoms with van der Waals surface area (Å²) in [6.07, 6.45) is 0. The highest BCUT2D eigenvalue weighted by Gasteiger charge is 2.14. The molecule has 1 heterocycles. The zero-order valence-corrected chi connectivity index (χ0v) is 9.86. The zero-order chi connectivity index (χ0) is 9.26. The molecule has 2 rings (SSSR count). The number of benzene rings is 1. The first kappa shape index (κ1) is 9.27. The maximum atomic E-state index is 2.40. The first-order valence-electron chi connectivity index (χ1n) is 4.47. The summed E-state index contributed by atoms with van der Waals surface area (Å²) < 4.78 is 2.33. The second kappa shape index (κ2) is 3.84. The van der Waals surface area contributed by atoms with Gasteiger partial charge in [0.25, 0.3) is 0 Å². The van der Waals surface area contributed by atoms with Crippen molar-refractivity contribution in [3.8, 4) is 0 Å². The molecule has 1 aromatic carbocycles. The quantitative estimate of drug-likeness (QED) is 0.534. The second-order valence-electron chi connectivity index (χ2n) is 3.39. The van der Waals surface area contributed by atoms with E-state index < -0.39 is 0 Å². The fourth-order valence-electron chi connectivity index (χ4n) is 1.66. The van der Waals surface area contributed by atoms with E-state index in [4.69, 9.17) is 0 Å². The van der Waals surface area contributed by atoms with Crippen LogP contribution in [-0.2, 0) is 6.54 Å². The van der Waals surface area contributed by atoms with Crippen LogP contribution in [0.4, 0.5) is 5.69 Å². The smallest absolute Gasteiger partial charge is 0.0410 e. The first-order chi connectivity index (χ1) is 6.27. The zero-order valence-electron chi connectivity index (χ0n) is 7.70. The molecule has 1 aromatic rings. The van der Waals surface area contributed by atoms with E-state index >= 15 is 0 Å². The minimum Gasteiger partial charge on any atom is -0.373 e. The van der Waals surface area contributed by atoms with Gasteiger partial charge in [-0.2, -0.15) is 0 Å². The van der Waals surface area contributed by atoms with Crippen LogP contribution >= 0.6 is 22.9 Å². The summed E-state index contributed by atoms with van der Waals surface area (Å²) in [6.45, 7) is 3.30. The third-order valence-corrected chi connectivity index (χ3v) is 3.25. The van der Waals surface area contributed by atoms with Crippen LogP contribution in [0.5, 0.6) is 0 Å². The summed E-state index contributed by atoms with van der Waals surface area (Å²) in [4.78, 5) is 2.33. The molecule has 3 heteroatoms. The number of anilines is 1. The Labute approximate surface area is 93.0 Å². The Hall–Kier alpha value is -0.290. The Kier molecular flexibility index (Phi) is 2.74. The maximum Gasteiger partial charge on any atom is 0.0410 e. The molecule has 0 amide bonds. The van der Waals surface area contributed by atoms with Gasteiger partial charge in [0.15, 0.2) is 0 Å². The molecule has 0 unspecified atom stereocenters. The minimum absolute atomic E-state index is 1.06. The number of rotatable bonds is 0. The van der Waals surface area contributed by atoms with E-state index in [1.165, 1.54) is 11.3 Å². The van der Waals surface area contributed by atoms with Crippen molar-refractivity contribution in [3.63, 3.8) is 0 Å². The molecule has 0 fully saturated rings. The van der Waals surface area contributed by atoms with Gasteiger partial charge in [0.05, 0.1) is 0 Å². The first-order valence-corrected chi connectivity index (χ1v) is 5.43. The van der Waals surface area contributed by atoms with Crippen molar-refractivity contribution >= 4 is 28.6 Å². The van der Waals surface area contributed by atoms with E-state index in [1.54, 1.807) is 0 Å². The molecule has 0 bridgehead atoms. The van der Waals surface area contributed by atoms with Crippen LogP contribution in [0.25, 0.3) is 0 Å². The Bertz CT molecular complexity index is 301. The lowest BCUT2D eigenvalue weighted by Crippen LogP contribution is -2.23. The lowest BCUT2D eigenvalue weighted by molar-refractivity contribution is 0.527. The van der Waals surface area contributed by atoms with Crippen LogP contribution in [0.2, 0.25) is 0 Å². The molecule has 2 nitrogen and oxygen atoms in total. The SMILES string of the molecule is CN1CCN(I)Cc2ccccc21. The van der Waals surface area contributed by atoms with E-state index in [-0.39, 0.29) is 0 Å². The highest BCUT2D eigenvalue weighted by atomic mass is 127. The number of halogens is 1. The predicted octanol–water partition coefficient (Wildman–Crippen LogP) is 2.29. The molecule has 0 spiro atoms. The van der Waals surface area contributed by atoms with Gasteiger partial charge in [0, 0.05) is 55.2 Å². The number of hydrogen-bond donors (Lipinski definition) is 0. The van der Waals surface area contributed by atoms with Gasteiger partial charge in [-0.1, -0.05) is 18.2 Å². The van der Waals surface area contributed by atoms with Gasteiger partial charge in [-0.15, -0.1) is 0 Å². The second-order valence-corrected chi connectivity index (χ2v) is 4.76. The van der Waals surface area contributed by atoms with Gasteiger partial charge in [0.1, 0.15) is 0 Å². The van der Waals surface area contributed by atoms with Crippen molar-refractivity contribution in [3.05, 3.63) is 29.8 Å². The molecule has 0 saturated heterocycles. The van der Waals surface area contributed by atoms with Crippen molar-refractivity contribution in [2.24, 2.45) is 0 Å². The van der Waals surface area contributed by atoms with Crippen LogP contribution in [0.3, 0.4) is 0 Å². The van der Waals surface area contributed by atoms with Crippen molar-refractivity contribution in [2.45, 2.75) is 6.54 Å². The van der Waals surface area contributed by atoms with Crippen molar-refractivity contribution < 1.29 is 0 Å². The fourth-order valence-corrected chi connectivity index (χ4v) is 2.24. The van der Waals surface area contributed by atoms with Crippen LogP contribution < -0.4 is 4.90 Å². The van der Waals surface area contributed by atoms with Gasteiger partial charge in [-0.25, -0.2) is 3.11 Å². The van der Waals surface area contributed by atoms with Crippen LogP contribution in [0.1, 0.15) is 5.56 Å². The molecule has 0 saturated carbocycles. The molecule has 0 N–H and O–H groups in total. The van der Waals surface area contributed by atoms with E-state index in [2.05, 4.69) is 62.2 Å². The van der Waals surface area contributed by atoms with Crippen molar-refractivity contribution in [2.75, 3.05) is 25.0 Å². The summed E-state index contributed by atoms with van der Waals surface area (Å²) in [5.41, 5.74) is 2.80. The molecule has 1 aliphatic heterocycles. The third-order valence-electron chi connectivity index (χ3n) is 2.42. The molecule has 0 aromatic heterocycles. The van der Waals surface area contributed by atoms with Crippen LogP contribution in [0, 0.1) is 0 Å². The van der Waals surface area contributed by atoms with E-state index in [0.717, 1.165) is 19.6 Å². The Morgan fingerprint density at radius 1 is 1.23 bits per heavy atom. The van der Waals surface area contributed by atoms with Gasteiger partial charge in [0.2, 0.25) is 0 Å². The standard InChI is InChI=1S/C10H13IN2/c1-12-6-7-13(11)8-9-4-2-3-5-10(9)12/h2-5H,6-8H2,1H3. The fraction of sp³-hybridized carbons (Fsp3) is 0.400. The molecular weight excluding hydrogens is 275 g/mol.